The number of aromatic nitrogens is 2. The lowest BCUT2D eigenvalue weighted by molar-refractivity contribution is 0.411. The van der Waals surface area contributed by atoms with Gasteiger partial charge in [0, 0.05) is 35.5 Å². The number of aryl methyl sites for hydroxylation is 1. The van der Waals surface area contributed by atoms with Gasteiger partial charge in [0.25, 0.3) is 0 Å². The first-order chi connectivity index (χ1) is 9.63. The number of hydrogen-bond donors (Lipinski definition) is 1. The smallest absolute Gasteiger partial charge is 0.122 e. The largest absolute Gasteiger partial charge is 0.496 e. The van der Waals surface area contributed by atoms with E-state index in [-0.39, 0.29) is 0 Å². The van der Waals surface area contributed by atoms with Crippen LogP contribution in [0.3, 0.4) is 0 Å². The Morgan fingerprint density at radius 1 is 1.45 bits per heavy atom. The van der Waals surface area contributed by atoms with Crippen LogP contribution in [0.15, 0.2) is 35.5 Å². The van der Waals surface area contributed by atoms with Gasteiger partial charge in [-0.2, -0.15) is 5.10 Å². The average Bonchev–Trinajstić information content (AvgIpc) is 2.89. The number of ether oxygens (including phenoxy) is 1. The summed E-state index contributed by atoms with van der Waals surface area (Å²) in [6.45, 7) is 2.15. The molecule has 0 fully saturated rings. The molecule has 108 valence electrons. The molecule has 4 nitrogen and oxygen atoms in total. The molecule has 0 aliphatic carbocycles. The van der Waals surface area contributed by atoms with E-state index in [1.807, 2.05) is 37.2 Å². The van der Waals surface area contributed by atoms with Crippen LogP contribution in [0.5, 0.6) is 5.75 Å². The summed E-state index contributed by atoms with van der Waals surface area (Å²) < 4.78 is 7.27. The highest BCUT2D eigenvalue weighted by Crippen LogP contribution is 2.29. The molecule has 0 spiro atoms. The van der Waals surface area contributed by atoms with Crippen LogP contribution >= 0.6 is 11.8 Å². The zero-order valence-corrected chi connectivity index (χ0v) is 13.2. The van der Waals surface area contributed by atoms with E-state index in [0.717, 1.165) is 11.5 Å². The molecule has 1 unspecified atom stereocenters. The average molecular weight is 291 g/mol. The van der Waals surface area contributed by atoms with E-state index < -0.39 is 0 Å². The molecule has 2 rings (SSSR count). The predicted molar refractivity (Wildman–Crippen MR) is 83.2 cm³/mol. The Balaban J connectivity index is 2.15. The molecule has 0 radical (unpaired) electrons. The maximum Gasteiger partial charge on any atom is 0.122 e. The van der Waals surface area contributed by atoms with Crippen molar-refractivity contribution in [3.05, 3.63) is 41.7 Å². The highest BCUT2D eigenvalue weighted by Gasteiger charge is 2.09. The molecule has 0 amide bonds. The molecular weight excluding hydrogens is 270 g/mol. The standard InChI is InChI=1S/C15H21N3OS/c1-11(16-2)12-5-6-15(19-4)13(7-12)10-20-14-8-17-18(3)9-14/h5-9,11,16H,10H2,1-4H3. The molecule has 2 aromatic rings. The maximum absolute atomic E-state index is 5.45. The molecule has 0 saturated carbocycles. The fourth-order valence-electron chi connectivity index (χ4n) is 1.98. The van der Waals surface area contributed by atoms with Crippen LogP contribution in [-0.2, 0) is 12.8 Å². The van der Waals surface area contributed by atoms with Crippen molar-refractivity contribution in [2.45, 2.75) is 23.6 Å². The van der Waals surface area contributed by atoms with E-state index in [4.69, 9.17) is 4.74 Å². The molecular formula is C15H21N3OS. The van der Waals surface area contributed by atoms with Crippen LogP contribution in [0.4, 0.5) is 0 Å². The number of nitrogens with one attached hydrogen (secondary N) is 1. The Bertz CT molecular complexity index is 568. The lowest BCUT2D eigenvalue weighted by atomic mass is 10.1. The summed E-state index contributed by atoms with van der Waals surface area (Å²) >= 11 is 1.77. The van der Waals surface area contributed by atoms with Crippen molar-refractivity contribution < 1.29 is 4.74 Å². The van der Waals surface area contributed by atoms with Gasteiger partial charge in [-0.3, -0.25) is 4.68 Å². The summed E-state index contributed by atoms with van der Waals surface area (Å²) in [6, 6.07) is 6.70. The van der Waals surface area contributed by atoms with E-state index >= 15 is 0 Å². The summed E-state index contributed by atoms with van der Waals surface area (Å²) in [7, 11) is 5.62. The molecule has 0 saturated heterocycles. The van der Waals surface area contributed by atoms with Crippen LogP contribution in [0.1, 0.15) is 24.1 Å². The number of hydrogen-bond acceptors (Lipinski definition) is 4. The third kappa shape index (κ3) is 3.55. The predicted octanol–water partition coefficient (Wildman–Crippen LogP) is 3.00. The van der Waals surface area contributed by atoms with Crippen molar-refractivity contribution >= 4 is 11.8 Å². The van der Waals surface area contributed by atoms with Crippen molar-refractivity contribution in [2.75, 3.05) is 14.2 Å². The summed E-state index contributed by atoms with van der Waals surface area (Å²) in [4.78, 5) is 1.17. The molecule has 1 heterocycles. The molecule has 1 aromatic carbocycles. The Morgan fingerprint density at radius 2 is 2.25 bits per heavy atom. The van der Waals surface area contributed by atoms with Crippen LogP contribution in [0.2, 0.25) is 0 Å². The normalized spacial score (nSPS) is 12.4. The fraction of sp³-hybridized carbons (Fsp3) is 0.400. The monoisotopic (exact) mass is 291 g/mol. The van der Waals surface area contributed by atoms with Crippen LogP contribution in [-0.4, -0.2) is 23.9 Å². The second-order valence-corrected chi connectivity index (χ2v) is 5.77. The molecule has 0 aliphatic heterocycles. The van der Waals surface area contributed by atoms with Gasteiger partial charge in [0.05, 0.1) is 13.3 Å². The third-order valence-corrected chi connectivity index (χ3v) is 4.31. The summed E-state index contributed by atoms with van der Waals surface area (Å²) in [6.07, 6.45) is 3.91. The molecule has 1 atom stereocenters. The molecule has 20 heavy (non-hydrogen) atoms. The quantitative estimate of drug-likeness (QED) is 0.831. The SMILES string of the molecule is CNC(C)c1ccc(OC)c(CSc2cnn(C)c2)c1. The number of thioether (sulfide) groups is 1. The molecule has 0 aliphatic rings. The van der Waals surface area contributed by atoms with Crippen molar-refractivity contribution in [1.82, 2.24) is 15.1 Å². The summed E-state index contributed by atoms with van der Waals surface area (Å²) in [5.74, 6) is 1.81. The minimum atomic E-state index is 0.336. The molecule has 1 N–H and O–H groups in total. The maximum atomic E-state index is 5.45. The summed E-state index contributed by atoms with van der Waals surface area (Å²) in [5.41, 5.74) is 2.48. The van der Waals surface area contributed by atoms with Crippen molar-refractivity contribution in [1.29, 1.82) is 0 Å². The first kappa shape index (κ1) is 14.9. The summed E-state index contributed by atoms with van der Waals surface area (Å²) in [5, 5.41) is 7.45. The van der Waals surface area contributed by atoms with Gasteiger partial charge < -0.3 is 10.1 Å². The van der Waals surface area contributed by atoms with Gasteiger partial charge >= 0.3 is 0 Å². The number of rotatable bonds is 6. The van der Waals surface area contributed by atoms with Crippen molar-refractivity contribution in [2.24, 2.45) is 7.05 Å². The highest BCUT2D eigenvalue weighted by molar-refractivity contribution is 7.98. The molecule has 1 aromatic heterocycles. The van der Waals surface area contributed by atoms with E-state index in [1.54, 1.807) is 18.9 Å². The van der Waals surface area contributed by atoms with Crippen molar-refractivity contribution in [3.8, 4) is 5.75 Å². The van der Waals surface area contributed by atoms with E-state index in [0.29, 0.717) is 6.04 Å². The van der Waals surface area contributed by atoms with Crippen LogP contribution in [0, 0.1) is 0 Å². The van der Waals surface area contributed by atoms with Crippen LogP contribution in [0.25, 0.3) is 0 Å². The van der Waals surface area contributed by atoms with Gasteiger partial charge in [-0.15, -0.1) is 11.8 Å². The highest BCUT2D eigenvalue weighted by atomic mass is 32.2. The zero-order chi connectivity index (χ0) is 14.5. The Labute approximate surface area is 124 Å². The number of benzene rings is 1. The number of nitrogens with zero attached hydrogens (tertiary/aromatic N) is 2. The van der Waals surface area contributed by atoms with Crippen molar-refractivity contribution in [3.63, 3.8) is 0 Å². The molecule has 0 bridgehead atoms. The third-order valence-electron chi connectivity index (χ3n) is 3.31. The Morgan fingerprint density at radius 3 is 2.85 bits per heavy atom. The first-order valence-corrected chi connectivity index (χ1v) is 7.58. The van der Waals surface area contributed by atoms with Gasteiger partial charge in [0.1, 0.15) is 5.75 Å². The van der Waals surface area contributed by atoms with E-state index in [9.17, 15) is 0 Å². The Kier molecular flexibility index (Phi) is 5.09. The molecule has 5 heteroatoms. The first-order valence-electron chi connectivity index (χ1n) is 6.59. The van der Waals surface area contributed by atoms with E-state index in [2.05, 4.69) is 29.5 Å². The Hall–Kier alpha value is -1.46. The lowest BCUT2D eigenvalue weighted by Crippen LogP contribution is -2.12. The minimum absolute atomic E-state index is 0.336. The van der Waals surface area contributed by atoms with Crippen LogP contribution < -0.4 is 10.1 Å². The van der Waals surface area contributed by atoms with E-state index in [1.165, 1.54) is 16.0 Å². The second kappa shape index (κ2) is 6.81. The van der Waals surface area contributed by atoms with Gasteiger partial charge in [-0.1, -0.05) is 6.07 Å². The number of methoxy groups -OCH3 is 1. The topological polar surface area (TPSA) is 39.1 Å². The van der Waals surface area contributed by atoms with Gasteiger partial charge in [0.15, 0.2) is 0 Å². The van der Waals surface area contributed by atoms with Gasteiger partial charge in [-0.05, 0) is 31.7 Å². The van der Waals surface area contributed by atoms with Gasteiger partial charge in [0.2, 0.25) is 0 Å². The second-order valence-electron chi connectivity index (χ2n) is 4.72. The zero-order valence-electron chi connectivity index (χ0n) is 12.4. The lowest BCUT2D eigenvalue weighted by Gasteiger charge is -2.14. The van der Waals surface area contributed by atoms with Gasteiger partial charge in [-0.25, -0.2) is 0 Å². The minimum Gasteiger partial charge on any atom is -0.496 e. The fourth-order valence-corrected chi connectivity index (χ4v) is 2.88.